The summed E-state index contributed by atoms with van der Waals surface area (Å²) < 4.78 is 37.2. The molecule has 1 aromatic rings. The van der Waals surface area contributed by atoms with Crippen LogP contribution in [0.1, 0.15) is 5.56 Å². The number of halogens is 3. The van der Waals surface area contributed by atoms with Crippen LogP contribution in [0.4, 0.5) is 18.8 Å². The van der Waals surface area contributed by atoms with E-state index in [9.17, 15) is 12.9 Å². The molecule has 1 rings (SSSR count). The second-order valence-corrected chi connectivity index (χ2v) is 3.37. The zero-order valence-electron chi connectivity index (χ0n) is 9.26. The number of nitrogens with zero attached hydrogens (tertiary/aromatic N) is 2. The zero-order valence-corrected chi connectivity index (χ0v) is 12.4. The van der Waals surface area contributed by atoms with E-state index in [1.54, 1.807) is 19.0 Å². The van der Waals surface area contributed by atoms with Gasteiger partial charge in [-0.1, -0.05) is 11.0 Å². The van der Waals surface area contributed by atoms with Crippen LogP contribution in [0.2, 0.25) is 0 Å². The number of rotatable bonds is 2. The quantitative estimate of drug-likeness (QED) is 0.588. The van der Waals surface area contributed by atoms with Gasteiger partial charge >= 0.3 is 58.4 Å². The molecule has 7 heteroatoms. The summed E-state index contributed by atoms with van der Waals surface area (Å²) >= 11 is 0. The number of pyridine rings is 1. The van der Waals surface area contributed by atoms with Gasteiger partial charge in [0.25, 0.3) is 0 Å². The molecule has 0 unspecified atom stereocenters. The molecule has 0 N–H and O–H groups in total. The average Bonchev–Trinajstić information content (AvgIpc) is 2.01. The summed E-state index contributed by atoms with van der Waals surface area (Å²) in [6, 6.07) is 1.44. The fraction of sp³-hybridized carbons (Fsp3) is 0.375. The minimum atomic E-state index is -4.95. The van der Waals surface area contributed by atoms with Gasteiger partial charge in [0.1, 0.15) is 5.82 Å². The SMILES string of the molecule is Cc1cc(N(C)C)ncc1[B-](F)(F)F.[K+]. The molecule has 1 aromatic heterocycles. The molecule has 0 saturated heterocycles. The van der Waals surface area contributed by atoms with Crippen molar-refractivity contribution in [3.8, 4) is 0 Å². The molecule has 0 aliphatic carbocycles. The molecule has 0 fully saturated rings. The topological polar surface area (TPSA) is 16.1 Å². The predicted molar refractivity (Wildman–Crippen MR) is 52.0 cm³/mol. The Kier molecular flexibility index (Phi) is 5.84. The average molecular weight is 242 g/mol. The van der Waals surface area contributed by atoms with Crippen molar-refractivity contribution in [2.24, 2.45) is 0 Å². The van der Waals surface area contributed by atoms with Gasteiger partial charge < -0.3 is 17.8 Å². The molecular formula is C8H11BF3KN2. The Bertz CT molecular complexity index is 341. The van der Waals surface area contributed by atoms with Crippen molar-refractivity contribution in [3.63, 3.8) is 0 Å². The molecule has 0 aliphatic heterocycles. The molecule has 0 atom stereocenters. The maximum atomic E-state index is 12.4. The van der Waals surface area contributed by atoms with Crippen LogP contribution in [0.5, 0.6) is 0 Å². The Morgan fingerprint density at radius 2 is 1.80 bits per heavy atom. The van der Waals surface area contributed by atoms with Gasteiger partial charge in [0.15, 0.2) is 0 Å². The number of aryl methyl sites for hydroxylation is 1. The molecule has 0 saturated carbocycles. The van der Waals surface area contributed by atoms with Gasteiger partial charge in [0.2, 0.25) is 0 Å². The summed E-state index contributed by atoms with van der Waals surface area (Å²) in [5.74, 6) is 0.534. The third-order valence-corrected chi connectivity index (χ3v) is 1.95. The van der Waals surface area contributed by atoms with E-state index in [1.807, 2.05) is 0 Å². The van der Waals surface area contributed by atoms with Crippen LogP contribution in [0.3, 0.4) is 0 Å². The fourth-order valence-corrected chi connectivity index (χ4v) is 1.14. The summed E-state index contributed by atoms with van der Waals surface area (Å²) in [5.41, 5.74) is -0.396. The third kappa shape index (κ3) is 4.07. The van der Waals surface area contributed by atoms with E-state index in [4.69, 9.17) is 0 Å². The van der Waals surface area contributed by atoms with E-state index in [0.29, 0.717) is 5.82 Å². The van der Waals surface area contributed by atoms with E-state index in [0.717, 1.165) is 6.20 Å². The number of aromatic nitrogens is 1. The summed E-state index contributed by atoms with van der Waals surface area (Å²) in [5, 5.41) is 0. The summed E-state index contributed by atoms with van der Waals surface area (Å²) in [6.45, 7) is -3.50. The van der Waals surface area contributed by atoms with Crippen LogP contribution in [-0.4, -0.2) is 26.1 Å². The predicted octanol–water partition coefficient (Wildman–Crippen LogP) is -1.49. The van der Waals surface area contributed by atoms with E-state index in [2.05, 4.69) is 4.98 Å². The van der Waals surface area contributed by atoms with Crippen molar-refractivity contribution >= 4 is 18.3 Å². The monoisotopic (exact) mass is 242 g/mol. The Labute approximate surface area is 130 Å². The molecule has 0 radical (unpaired) electrons. The Hall–Kier alpha value is 0.441. The Morgan fingerprint density at radius 3 is 2.13 bits per heavy atom. The van der Waals surface area contributed by atoms with Gasteiger partial charge in [-0.05, 0) is 13.0 Å². The molecule has 0 bridgehead atoms. The van der Waals surface area contributed by atoms with Crippen LogP contribution < -0.4 is 61.7 Å². The van der Waals surface area contributed by atoms with Crippen LogP contribution in [0, 0.1) is 6.92 Å². The largest absolute Gasteiger partial charge is 1.00 e. The maximum Gasteiger partial charge on any atom is 1.00 e. The third-order valence-electron chi connectivity index (χ3n) is 1.95. The van der Waals surface area contributed by atoms with Crippen LogP contribution in [-0.2, 0) is 0 Å². The summed E-state index contributed by atoms with van der Waals surface area (Å²) in [7, 11) is 3.47. The summed E-state index contributed by atoms with van der Waals surface area (Å²) in [6.07, 6.45) is 0.894. The molecule has 0 amide bonds. The fourth-order valence-electron chi connectivity index (χ4n) is 1.14. The van der Waals surface area contributed by atoms with Crippen molar-refractivity contribution in [3.05, 3.63) is 17.8 Å². The van der Waals surface area contributed by atoms with E-state index >= 15 is 0 Å². The molecule has 78 valence electrons. The first-order valence-corrected chi connectivity index (χ1v) is 4.16. The second-order valence-electron chi connectivity index (χ2n) is 3.37. The molecule has 0 spiro atoms. The van der Waals surface area contributed by atoms with Crippen molar-refractivity contribution in [1.82, 2.24) is 4.98 Å². The van der Waals surface area contributed by atoms with Crippen LogP contribution in [0.25, 0.3) is 0 Å². The number of hydrogen-bond donors (Lipinski definition) is 0. The normalized spacial score (nSPS) is 10.8. The number of hydrogen-bond acceptors (Lipinski definition) is 2. The van der Waals surface area contributed by atoms with E-state index in [1.165, 1.54) is 13.0 Å². The smallest absolute Gasteiger partial charge is 0.445 e. The molecule has 2 nitrogen and oxygen atoms in total. The van der Waals surface area contributed by atoms with E-state index in [-0.39, 0.29) is 56.9 Å². The van der Waals surface area contributed by atoms with Gasteiger partial charge in [0, 0.05) is 20.3 Å². The van der Waals surface area contributed by atoms with Gasteiger partial charge in [0.05, 0.1) is 0 Å². The van der Waals surface area contributed by atoms with Crippen molar-refractivity contribution in [1.29, 1.82) is 0 Å². The standard InChI is InChI=1S/C8H11BF3N2.K/c1-6-4-8(14(2)3)13-5-7(6)9(10,11)12;/h4-5H,1-3H3;/q-1;+1. The van der Waals surface area contributed by atoms with Gasteiger partial charge in [-0.3, -0.25) is 0 Å². The molecule has 0 aromatic carbocycles. The maximum absolute atomic E-state index is 12.4. The minimum absolute atomic E-state index is 0. The first-order valence-electron chi connectivity index (χ1n) is 4.16. The van der Waals surface area contributed by atoms with Gasteiger partial charge in [-0.15, -0.1) is 0 Å². The Morgan fingerprint density at radius 1 is 1.27 bits per heavy atom. The second kappa shape index (κ2) is 5.68. The van der Waals surface area contributed by atoms with Crippen molar-refractivity contribution in [2.45, 2.75) is 6.92 Å². The van der Waals surface area contributed by atoms with Crippen LogP contribution >= 0.6 is 0 Å². The number of anilines is 1. The first kappa shape index (κ1) is 15.4. The molecule has 15 heavy (non-hydrogen) atoms. The molecular weight excluding hydrogens is 231 g/mol. The molecule has 1 heterocycles. The first-order chi connectivity index (χ1) is 6.32. The summed E-state index contributed by atoms with van der Waals surface area (Å²) in [4.78, 5) is 5.39. The molecule has 0 aliphatic rings. The van der Waals surface area contributed by atoms with Gasteiger partial charge in [-0.25, -0.2) is 4.98 Å². The van der Waals surface area contributed by atoms with Gasteiger partial charge in [-0.2, -0.15) is 0 Å². The zero-order chi connectivity index (χ0) is 10.9. The van der Waals surface area contributed by atoms with Crippen molar-refractivity contribution < 1.29 is 64.3 Å². The van der Waals surface area contributed by atoms with Crippen molar-refractivity contribution in [2.75, 3.05) is 19.0 Å². The minimum Gasteiger partial charge on any atom is -0.445 e. The van der Waals surface area contributed by atoms with Crippen LogP contribution in [0.15, 0.2) is 12.3 Å². The Balaban J connectivity index is 0.00000196. The van der Waals surface area contributed by atoms with E-state index < -0.39 is 12.4 Å².